The highest BCUT2D eigenvalue weighted by molar-refractivity contribution is 5.31. The van der Waals surface area contributed by atoms with Gasteiger partial charge in [0.2, 0.25) is 0 Å². The molecule has 5 heteroatoms. The summed E-state index contributed by atoms with van der Waals surface area (Å²) in [6.45, 7) is 7.24. The van der Waals surface area contributed by atoms with Crippen LogP contribution in [0, 0.1) is 0 Å². The minimum absolute atomic E-state index is 0.562. The highest BCUT2D eigenvalue weighted by Gasteiger charge is 1.96. The van der Waals surface area contributed by atoms with E-state index >= 15 is 0 Å². The molecule has 0 spiro atoms. The third kappa shape index (κ3) is 7.99. The number of quaternary nitrogens is 1. The van der Waals surface area contributed by atoms with Gasteiger partial charge in [0.1, 0.15) is 18.1 Å². The second-order valence-corrected chi connectivity index (χ2v) is 4.22. The first kappa shape index (κ1) is 16.8. The average molecular weight is 284 g/mol. The molecule has 0 bridgehead atoms. The van der Waals surface area contributed by atoms with Crippen molar-refractivity contribution in [3.05, 3.63) is 24.3 Å². The van der Waals surface area contributed by atoms with Crippen molar-refractivity contribution in [3.8, 4) is 11.5 Å². The van der Waals surface area contributed by atoms with Crippen molar-refractivity contribution in [1.29, 1.82) is 0 Å². The van der Waals surface area contributed by atoms with Crippen LogP contribution in [0.5, 0.6) is 11.5 Å². The molecule has 1 rings (SSSR count). The van der Waals surface area contributed by atoms with E-state index < -0.39 is 0 Å². The number of hydrogen-bond donors (Lipinski definition) is 1. The second kappa shape index (κ2) is 11.5. The van der Waals surface area contributed by atoms with Crippen LogP contribution in [0.2, 0.25) is 0 Å². The average Bonchev–Trinajstić information content (AvgIpc) is 2.47. The first-order chi connectivity index (χ1) is 9.86. The first-order valence-electron chi connectivity index (χ1n) is 7.10. The van der Waals surface area contributed by atoms with Gasteiger partial charge in [0.25, 0.3) is 0 Å². The third-order valence-electron chi connectivity index (χ3n) is 2.62. The molecule has 0 fully saturated rings. The van der Waals surface area contributed by atoms with Crippen LogP contribution >= 0.6 is 0 Å². The van der Waals surface area contributed by atoms with Gasteiger partial charge in [-0.2, -0.15) is 0 Å². The molecule has 0 atom stereocenters. The molecule has 2 N–H and O–H groups in total. The number of ether oxygens (including phenoxy) is 4. The summed E-state index contributed by atoms with van der Waals surface area (Å²) in [6.07, 6.45) is 0. The molecule has 0 saturated carbocycles. The van der Waals surface area contributed by atoms with Gasteiger partial charge in [-0.25, -0.2) is 0 Å². The van der Waals surface area contributed by atoms with Crippen molar-refractivity contribution in [2.45, 2.75) is 6.92 Å². The molecule has 114 valence electrons. The van der Waals surface area contributed by atoms with Crippen molar-refractivity contribution in [2.75, 3.05) is 53.2 Å². The van der Waals surface area contributed by atoms with Gasteiger partial charge in [0, 0.05) is 7.11 Å². The Bertz CT molecular complexity index is 329. The molecule has 0 aliphatic heterocycles. The lowest BCUT2D eigenvalue weighted by Gasteiger charge is -2.08. The van der Waals surface area contributed by atoms with Crippen molar-refractivity contribution >= 4 is 0 Å². The van der Waals surface area contributed by atoms with Crippen LogP contribution < -0.4 is 14.8 Å². The summed E-state index contributed by atoms with van der Waals surface area (Å²) in [7, 11) is 1.71. The lowest BCUT2D eigenvalue weighted by molar-refractivity contribution is -0.657. The molecule has 1 aromatic carbocycles. The minimum atomic E-state index is 0.562. The lowest BCUT2D eigenvalue weighted by Crippen LogP contribution is -2.86. The van der Waals surface area contributed by atoms with E-state index in [1.165, 1.54) is 0 Å². The van der Waals surface area contributed by atoms with E-state index in [0.29, 0.717) is 19.8 Å². The largest absolute Gasteiger partial charge is 0.494 e. The maximum absolute atomic E-state index is 5.57. The fourth-order valence-corrected chi connectivity index (χ4v) is 1.63. The zero-order valence-corrected chi connectivity index (χ0v) is 12.5. The Morgan fingerprint density at radius 2 is 1.50 bits per heavy atom. The Hall–Kier alpha value is -1.30. The standard InChI is InChI=1S/C15H25NO4/c1-3-19-14-4-6-15(7-5-14)20-13-12-18-11-9-16-8-10-17-2/h4-7,16H,3,8-13H2,1-2H3/p+1. The topological polar surface area (TPSA) is 53.5 Å². The molecule has 0 aliphatic carbocycles. The monoisotopic (exact) mass is 284 g/mol. The van der Waals surface area contributed by atoms with Crippen LogP contribution in [-0.4, -0.2) is 53.2 Å². The lowest BCUT2D eigenvalue weighted by atomic mass is 10.3. The normalized spacial score (nSPS) is 10.5. The van der Waals surface area contributed by atoms with Crippen LogP contribution in [-0.2, 0) is 9.47 Å². The summed E-state index contributed by atoms with van der Waals surface area (Å²) >= 11 is 0. The molecular formula is C15H26NO4+. The first-order valence-corrected chi connectivity index (χ1v) is 7.10. The van der Waals surface area contributed by atoms with E-state index in [0.717, 1.165) is 37.8 Å². The van der Waals surface area contributed by atoms with E-state index in [1.807, 2.05) is 31.2 Å². The molecule has 0 aromatic heterocycles. The summed E-state index contributed by atoms with van der Waals surface area (Å²) in [6, 6.07) is 7.63. The summed E-state index contributed by atoms with van der Waals surface area (Å²) in [5.74, 6) is 1.70. The number of benzene rings is 1. The predicted octanol–water partition coefficient (Wildman–Crippen LogP) is 0.691. The molecule has 0 unspecified atom stereocenters. The molecule has 0 heterocycles. The van der Waals surface area contributed by atoms with Gasteiger partial charge in [-0.05, 0) is 31.2 Å². The Morgan fingerprint density at radius 3 is 2.15 bits per heavy atom. The van der Waals surface area contributed by atoms with Gasteiger partial charge in [0.15, 0.2) is 0 Å². The molecule has 5 nitrogen and oxygen atoms in total. The Kier molecular flexibility index (Phi) is 9.65. The second-order valence-electron chi connectivity index (χ2n) is 4.22. The Balaban J connectivity index is 1.98. The van der Waals surface area contributed by atoms with Crippen molar-refractivity contribution in [3.63, 3.8) is 0 Å². The smallest absolute Gasteiger partial charge is 0.119 e. The van der Waals surface area contributed by atoms with Gasteiger partial charge in [-0.1, -0.05) is 0 Å². The van der Waals surface area contributed by atoms with Gasteiger partial charge < -0.3 is 24.3 Å². The van der Waals surface area contributed by atoms with Gasteiger partial charge in [0.05, 0.1) is 39.5 Å². The molecule has 0 saturated heterocycles. The third-order valence-corrected chi connectivity index (χ3v) is 2.62. The zero-order chi connectivity index (χ0) is 14.5. The van der Waals surface area contributed by atoms with Crippen LogP contribution in [0.15, 0.2) is 24.3 Å². The van der Waals surface area contributed by atoms with E-state index in [2.05, 4.69) is 5.32 Å². The molecule has 0 aliphatic rings. The summed E-state index contributed by atoms with van der Waals surface area (Å²) < 4.78 is 21.4. The van der Waals surface area contributed by atoms with Crippen molar-refractivity contribution < 1.29 is 24.3 Å². The van der Waals surface area contributed by atoms with Crippen LogP contribution in [0.3, 0.4) is 0 Å². The van der Waals surface area contributed by atoms with Gasteiger partial charge >= 0.3 is 0 Å². The maximum Gasteiger partial charge on any atom is 0.119 e. The SMILES string of the molecule is CCOc1ccc(OCCOCC[NH2+]CCOC)cc1. The highest BCUT2D eigenvalue weighted by atomic mass is 16.5. The van der Waals surface area contributed by atoms with E-state index in [-0.39, 0.29) is 0 Å². The number of nitrogens with two attached hydrogens (primary N) is 1. The maximum atomic E-state index is 5.57. The number of methoxy groups -OCH3 is 1. The van der Waals surface area contributed by atoms with Crippen LogP contribution in [0.1, 0.15) is 6.92 Å². The fourth-order valence-electron chi connectivity index (χ4n) is 1.63. The van der Waals surface area contributed by atoms with Crippen LogP contribution in [0.4, 0.5) is 0 Å². The minimum Gasteiger partial charge on any atom is -0.494 e. The van der Waals surface area contributed by atoms with E-state index in [1.54, 1.807) is 7.11 Å². The van der Waals surface area contributed by atoms with Crippen LogP contribution in [0.25, 0.3) is 0 Å². The Labute approximate surface area is 121 Å². The molecule has 0 radical (unpaired) electrons. The molecule has 0 amide bonds. The molecule has 1 aromatic rings. The molecular weight excluding hydrogens is 258 g/mol. The predicted molar refractivity (Wildman–Crippen MR) is 77.5 cm³/mol. The zero-order valence-electron chi connectivity index (χ0n) is 12.5. The summed E-state index contributed by atoms with van der Waals surface area (Å²) in [5, 5.41) is 2.18. The number of rotatable bonds is 12. The quantitative estimate of drug-likeness (QED) is 0.574. The van der Waals surface area contributed by atoms with Gasteiger partial charge in [-0.15, -0.1) is 0 Å². The summed E-state index contributed by atoms with van der Waals surface area (Å²) in [5.41, 5.74) is 0. The van der Waals surface area contributed by atoms with Crippen molar-refractivity contribution in [1.82, 2.24) is 0 Å². The van der Waals surface area contributed by atoms with E-state index in [4.69, 9.17) is 18.9 Å². The molecule has 20 heavy (non-hydrogen) atoms. The van der Waals surface area contributed by atoms with Gasteiger partial charge in [-0.3, -0.25) is 0 Å². The Morgan fingerprint density at radius 1 is 0.850 bits per heavy atom. The highest BCUT2D eigenvalue weighted by Crippen LogP contribution is 2.17. The number of hydrogen-bond acceptors (Lipinski definition) is 4. The van der Waals surface area contributed by atoms with E-state index in [9.17, 15) is 0 Å². The summed E-state index contributed by atoms with van der Waals surface area (Å²) in [4.78, 5) is 0. The fraction of sp³-hybridized carbons (Fsp3) is 0.600. The van der Waals surface area contributed by atoms with Crippen molar-refractivity contribution in [2.24, 2.45) is 0 Å².